The second-order valence-electron chi connectivity index (χ2n) is 5.33. The van der Waals surface area contributed by atoms with Crippen LogP contribution in [-0.2, 0) is 20.9 Å². The molecule has 2 aromatic heterocycles. The number of pyridine rings is 1. The summed E-state index contributed by atoms with van der Waals surface area (Å²) in [6, 6.07) is 3.45. The van der Waals surface area contributed by atoms with E-state index in [1.165, 1.54) is 16.2 Å². The van der Waals surface area contributed by atoms with E-state index in [0.29, 0.717) is 31.3 Å². The van der Waals surface area contributed by atoms with Crippen LogP contribution in [0.3, 0.4) is 0 Å². The van der Waals surface area contributed by atoms with Gasteiger partial charge in [0.1, 0.15) is 11.6 Å². The number of carbonyl (C=O) groups excluding carboxylic acids is 2. The molecular weight excluding hydrogens is 344 g/mol. The maximum atomic E-state index is 12.8. The van der Waals surface area contributed by atoms with Gasteiger partial charge in [-0.05, 0) is 12.1 Å². The van der Waals surface area contributed by atoms with Gasteiger partial charge in [-0.1, -0.05) is 0 Å². The number of rotatable bonds is 7. The molecule has 0 radical (unpaired) electrons. The number of methoxy groups -OCH3 is 1. The number of anilines is 1. The summed E-state index contributed by atoms with van der Waals surface area (Å²) in [4.78, 5) is 36.4. The summed E-state index contributed by atoms with van der Waals surface area (Å²) in [5, 5.41) is 2.69. The Bertz CT molecular complexity index is 737. The first-order valence-electron chi connectivity index (χ1n) is 7.72. The molecule has 0 bridgehead atoms. The van der Waals surface area contributed by atoms with Gasteiger partial charge < -0.3 is 14.4 Å². The highest BCUT2D eigenvalue weighted by atomic mass is 32.1. The van der Waals surface area contributed by atoms with Crippen LogP contribution in [0.25, 0.3) is 0 Å². The molecule has 2 aromatic rings. The molecule has 132 valence electrons. The molecule has 1 aliphatic rings. The Morgan fingerprint density at radius 3 is 3.08 bits per heavy atom. The van der Waals surface area contributed by atoms with Gasteiger partial charge in [-0.3, -0.25) is 14.5 Å². The normalized spacial score (nSPS) is 13.3. The molecule has 3 rings (SSSR count). The number of carbonyl (C=O) groups is 2. The van der Waals surface area contributed by atoms with E-state index >= 15 is 0 Å². The molecule has 0 N–H and O–H groups in total. The molecule has 0 saturated carbocycles. The number of fused-ring (bicyclic) bond motifs is 1. The van der Waals surface area contributed by atoms with Crippen LogP contribution in [0.5, 0.6) is 5.75 Å². The van der Waals surface area contributed by atoms with Crippen molar-refractivity contribution in [3.05, 3.63) is 34.9 Å². The molecule has 3 heterocycles. The minimum atomic E-state index is -0.291. The Hall–Kier alpha value is -2.52. The van der Waals surface area contributed by atoms with E-state index < -0.39 is 0 Å². The SMILES string of the molecule is COCCN(Cc1nccs1)C(=O)CN1C(=O)COc2cccnc21. The Labute approximate surface area is 149 Å². The fourth-order valence-electron chi connectivity index (χ4n) is 2.42. The number of aromatic nitrogens is 2. The van der Waals surface area contributed by atoms with E-state index in [1.54, 1.807) is 36.5 Å². The largest absolute Gasteiger partial charge is 0.480 e. The van der Waals surface area contributed by atoms with Crippen molar-refractivity contribution in [2.75, 3.05) is 38.3 Å². The van der Waals surface area contributed by atoms with Crippen molar-refractivity contribution in [1.82, 2.24) is 14.9 Å². The molecular formula is C16H18N4O4S. The van der Waals surface area contributed by atoms with Gasteiger partial charge in [0.05, 0.1) is 13.2 Å². The summed E-state index contributed by atoms with van der Waals surface area (Å²) >= 11 is 1.48. The van der Waals surface area contributed by atoms with Crippen molar-refractivity contribution in [2.45, 2.75) is 6.54 Å². The third kappa shape index (κ3) is 4.12. The predicted molar refractivity (Wildman–Crippen MR) is 91.5 cm³/mol. The van der Waals surface area contributed by atoms with Gasteiger partial charge in [-0.15, -0.1) is 11.3 Å². The van der Waals surface area contributed by atoms with Crippen molar-refractivity contribution in [2.24, 2.45) is 0 Å². The Morgan fingerprint density at radius 1 is 1.44 bits per heavy atom. The summed E-state index contributed by atoms with van der Waals surface area (Å²) in [6.07, 6.45) is 3.27. The average Bonchev–Trinajstić information content (AvgIpc) is 3.14. The quantitative estimate of drug-likeness (QED) is 0.729. The lowest BCUT2D eigenvalue weighted by Crippen LogP contribution is -2.47. The third-order valence-electron chi connectivity index (χ3n) is 3.68. The molecule has 0 fully saturated rings. The molecule has 2 amide bonds. The Balaban J connectivity index is 1.75. The molecule has 0 spiro atoms. The molecule has 0 atom stereocenters. The maximum Gasteiger partial charge on any atom is 0.266 e. The van der Waals surface area contributed by atoms with Crippen LogP contribution in [0.15, 0.2) is 29.9 Å². The highest BCUT2D eigenvalue weighted by molar-refractivity contribution is 7.09. The molecule has 1 aliphatic heterocycles. The molecule has 0 unspecified atom stereocenters. The lowest BCUT2D eigenvalue weighted by atomic mass is 10.3. The first-order chi connectivity index (χ1) is 12.2. The summed E-state index contributed by atoms with van der Waals surface area (Å²) in [5.74, 6) is 0.380. The van der Waals surface area contributed by atoms with Crippen LogP contribution < -0.4 is 9.64 Å². The first kappa shape index (κ1) is 17.3. The fourth-order valence-corrected chi connectivity index (χ4v) is 3.05. The second kappa shape index (κ2) is 8.04. The van der Waals surface area contributed by atoms with Crippen LogP contribution >= 0.6 is 11.3 Å². The summed E-state index contributed by atoms with van der Waals surface area (Å²) in [7, 11) is 1.58. The molecule has 0 aromatic carbocycles. The smallest absolute Gasteiger partial charge is 0.266 e. The lowest BCUT2D eigenvalue weighted by molar-refractivity contribution is -0.133. The topological polar surface area (TPSA) is 84.9 Å². The van der Waals surface area contributed by atoms with E-state index in [2.05, 4.69) is 9.97 Å². The van der Waals surface area contributed by atoms with E-state index in [1.807, 2.05) is 5.38 Å². The summed E-state index contributed by atoms with van der Waals surface area (Å²) in [6.45, 7) is 1.01. The van der Waals surface area contributed by atoms with Crippen LogP contribution in [0.1, 0.15) is 5.01 Å². The monoisotopic (exact) mass is 362 g/mol. The maximum absolute atomic E-state index is 12.8. The minimum absolute atomic E-state index is 0.0959. The number of amides is 2. The zero-order valence-electron chi connectivity index (χ0n) is 13.8. The van der Waals surface area contributed by atoms with Gasteiger partial charge in [0.25, 0.3) is 5.91 Å². The van der Waals surface area contributed by atoms with Gasteiger partial charge in [-0.25, -0.2) is 9.97 Å². The van der Waals surface area contributed by atoms with Crippen LogP contribution in [-0.4, -0.2) is 60.1 Å². The van der Waals surface area contributed by atoms with Gasteiger partial charge >= 0.3 is 0 Å². The summed E-state index contributed by atoms with van der Waals surface area (Å²) < 4.78 is 10.4. The van der Waals surface area contributed by atoms with Gasteiger partial charge in [0.2, 0.25) is 5.91 Å². The minimum Gasteiger partial charge on any atom is -0.480 e. The summed E-state index contributed by atoms with van der Waals surface area (Å²) in [5.41, 5.74) is 0. The van der Waals surface area contributed by atoms with Crippen molar-refractivity contribution >= 4 is 29.0 Å². The van der Waals surface area contributed by atoms with Gasteiger partial charge in [0, 0.05) is 31.4 Å². The highest BCUT2D eigenvalue weighted by Crippen LogP contribution is 2.28. The van der Waals surface area contributed by atoms with Crippen molar-refractivity contribution < 1.29 is 19.1 Å². The molecule has 8 nitrogen and oxygen atoms in total. The zero-order chi connectivity index (χ0) is 17.6. The second-order valence-corrected chi connectivity index (χ2v) is 6.31. The van der Waals surface area contributed by atoms with E-state index in [0.717, 1.165) is 5.01 Å². The Morgan fingerprint density at radius 2 is 2.32 bits per heavy atom. The molecule has 0 saturated heterocycles. The predicted octanol–water partition coefficient (Wildman–Crippen LogP) is 0.939. The number of thiazole rings is 1. The van der Waals surface area contributed by atoms with Gasteiger partial charge in [0.15, 0.2) is 18.2 Å². The van der Waals surface area contributed by atoms with Crippen molar-refractivity contribution in [3.63, 3.8) is 0 Å². The average molecular weight is 362 g/mol. The molecule has 9 heteroatoms. The zero-order valence-corrected chi connectivity index (χ0v) is 14.6. The van der Waals surface area contributed by atoms with Crippen molar-refractivity contribution in [3.8, 4) is 5.75 Å². The van der Waals surface area contributed by atoms with Crippen molar-refractivity contribution in [1.29, 1.82) is 0 Å². The fraction of sp³-hybridized carbons (Fsp3) is 0.375. The number of ether oxygens (including phenoxy) is 2. The highest BCUT2D eigenvalue weighted by Gasteiger charge is 2.30. The number of hydrogen-bond donors (Lipinski definition) is 0. The van der Waals surface area contributed by atoms with Gasteiger partial charge in [-0.2, -0.15) is 0 Å². The van der Waals surface area contributed by atoms with Crippen LogP contribution in [0, 0.1) is 0 Å². The van der Waals surface area contributed by atoms with Crippen LogP contribution in [0.4, 0.5) is 5.82 Å². The number of hydrogen-bond acceptors (Lipinski definition) is 7. The van der Waals surface area contributed by atoms with Crippen LogP contribution in [0.2, 0.25) is 0 Å². The first-order valence-corrected chi connectivity index (χ1v) is 8.60. The lowest BCUT2D eigenvalue weighted by Gasteiger charge is -2.30. The molecule has 0 aliphatic carbocycles. The standard InChI is InChI=1S/C16H18N4O4S/c1-23-7-6-19(9-13-17-5-8-25-13)14(21)10-20-15(22)11-24-12-3-2-4-18-16(12)20/h2-5,8H,6-7,9-11H2,1H3. The van der Waals surface area contributed by atoms with E-state index in [4.69, 9.17) is 9.47 Å². The van der Waals surface area contributed by atoms with E-state index in [-0.39, 0.29) is 25.0 Å². The van der Waals surface area contributed by atoms with E-state index in [9.17, 15) is 9.59 Å². The third-order valence-corrected chi connectivity index (χ3v) is 4.44. The number of nitrogens with zero attached hydrogens (tertiary/aromatic N) is 4. The molecule has 25 heavy (non-hydrogen) atoms. The Kier molecular flexibility index (Phi) is 5.56.